The lowest BCUT2D eigenvalue weighted by atomic mass is 10.1. The van der Waals surface area contributed by atoms with Crippen LogP contribution in [0.4, 0.5) is 5.69 Å². The topological polar surface area (TPSA) is 72.5 Å². The molecule has 0 heterocycles. The zero-order valence-electron chi connectivity index (χ0n) is 15.0. The molecule has 0 aliphatic rings. The van der Waals surface area contributed by atoms with Gasteiger partial charge in [-0.3, -0.25) is 9.59 Å². The summed E-state index contributed by atoms with van der Waals surface area (Å²) in [6.45, 7) is -0.421. The summed E-state index contributed by atoms with van der Waals surface area (Å²) in [7, 11) is 0. The van der Waals surface area contributed by atoms with Crippen LogP contribution in [0.15, 0.2) is 72.8 Å². The Hall–Kier alpha value is -3.15. The van der Waals surface area contributed by atoms with E-state index in [0.29, 0.717) is 21.2 Å². The molecule has 0 aliphatic heterocycles. The standard InChI is InChI=1S/C22H15Cl2NO4/c23-16-8-6-15(7-9-16)21(27)25-19-12-17(24)10-11-18(19)22(28)29-13-20(26)14-4-2-1-3-5-14/h1-12H,13H2,(H,25,27). The molecule has 0 fully saturated rings. The molecule has 0 atom stereocenters. The molecule has 3 aromatic carbocycles. The van der Waals surface area contributed by atoms with Crippen LogP contribution in [0.2, 0.25) is 10.0 Å². The molecule has 0 unspecified atom stereocenters. The van der Waals surface area contributed by atoms with Crippen LogP contribution >= 0.6 is 23.2 Å². The number of nitrogens with one attached hydrogen (secondary N) is 1. The van der Waals surface area contributed by atoms with E-state index in [4.69, 9.17) is 27.9 Å². The first-order valence-electron chi connectivity index (χ1n) is 8.56. The summed E-state index contributed by atoms with van der Waals surface area (Å²) in [6.07, 6.45) is 0. The highest BCUT2D eigenvalue weighted by atomic mass is 35.5. The number of anilines is 1. The Balaban J connectivity index is 1.73. The Labute approximate surface area is 177 Å². The number of carbonyl (C=O) groups excluding carboxylic acids is 3. The quantitative estimate of drug-likeness (QED) is 0.428. The molecule has 29 heavy (non-hydrogen) atoms. The SMILES string of the molecule is O=C(COC(=O)c1ccc(Cl)cc1NC(=O)c1ccc(Cl)cc1)c1ccccc1. The van der Waals surface area contributed by atoms with Crippen LogP contribution in [0.25, 0.3) is 0 Å². The van der Waals surface area contributed by atoms with Crippen molar-refractivity contribution in [2.24, 2.45) is 0 Å². The lowest BCUT2D eigenvalue weighted by Crippen LogP contribution is -2.18. The van der Waals surface area contributed by atoms with E-state index in [1.54, 1.807) is 54.6 Å². The average Bonchev–Trinajstić information content (AvgIpc) is 2.73. The van der Waals surface area contributed by atoms with Gasteiger partial charge >= 0.3 is 5.97 Å². The summed E-state index contributed by atoms with van der Waals surface area (Å²) in [5, 5.41) is 3.46. The highest BCUT2D eigenvalue weighted by molar-refractivity contribution is 6.31. The Morgan fingerprint density at radius 3 is 2.14 bits per heavy atom. The smallest absolute Gasteiger partial charge is 0.340 e. The fourth-order valence-electron chi connectivity index (χ4n) is 2.51. The number of amides is 1. The second-order valence-corrected chi connectivity index (χ2v) is 6.89. The predicted molar refractivity (Wildman–Crippen MR) is 112 cm³/mol. The number of carbonyl (C=O) groups is 3. The van der Waals surface area contributed by atoms with Crippen molar-refractivity contribution < 1.29 is 19.1 Å². The third-order valence-corrected chi connectivity index (χ3v) is 4.47. The third-order valence-electron chi connectivity index (χ3n) is 3.99. The average molecular weight is 428 g/mol. The summed E-state index contributed by atoms with van der Waals surface area (Å²) in [4.78, 5) is 37.1. The zero-order chi connectivity index (χ0) is 20.8. The molecule has 146 valence electrons. The van der Waals surface area contributed by atoms with Crippen molar-refractivity contribution in [1.82, 2.24) is 0 Å². The second-order valence-electron chi connectivity index (χ2n) is 6.02. The summed E-state index contributed by atoms with van der Waals surface area (Å²) < 4.78 is 5.13. The Morgan fingerprint density at radius 2 is 1.45 bits per heavy atom. The van der Waals surface area contributed by atoms with Crippen molar-refractivity contribution in [3.63, 3.8) is 0 Å². The molecule has 0 spiro atoms. The van der Waals surface area contributed by atoms with Crippen molar-refractivity contribution in [3.05, 3.63) is 99.5 Å². The molecule has 3 aromatic rings. The summed E-state index contributed by atoms with van der Waals surface area (Å²) in [5.41, 5.74) is 1.05. The maximum Gasteiger partial charge on any atom is 0.340 e. The molecule has 0 saturated heterocycles. The largest absolute Gasteiger partial charge is 0.454 e. The van der Waals surface area contributed by atoms with Gasteiger partial charge in [0.1, 0.15) is 0 Å². The lowest BCUT2D eigenvalue weighted by molar-refractivity contribution is 0.0476. The van der Waals surface area contributed by atoms with Crippen LogP contribution in [0.1, 0.15) is 31.1 Å². The van der Waals surface area contributed by atoms with Gasteiger partial charge < -0.3 is 10.1 Å². The van der Waals surface area contributed by atoms with Crippen LogP contribution in [0.5, 0.6) is 0 Å². The molecule has 0 aromatic heterocycles. The molecule has 1 N–H and O–H groups in total. The number of esters is 1. The first-order chi connectivity index (χ1) is 13.9. The minimum Gasteiger partial charge on any atom is -0.454 e. The van der Waals surface area contributed by atoms with Crippen LogP contribution in [-0.4, -0.2) is 24.3 Å². The van der Waals surface area contributed by atoms with Gasteiger partial charge in [-0.05, 0) is 42.5 Å². The van der Waals surface area contributed by atoms with Crippen LogP contribution < -0.4 is 5.32 Å². The zero-order valence-corrected chi connectivity index (χ0v) is 16.5. The molecule has 0 aliphatic carbocycles. The van der Waals surface area contributed by atoms with Gasteiger partial charge in [-0.15, -0.1) is 0 Å². The maximum atomic E-state index is 12.5. The van der Waals surface area contributed by atoms with Gasteiger partial charge in [0.25, 0.3) is 5.91 Å². The van der Waals surface area contributed by atoms with Gasteiger partial charge in [0, 0.05) is 21.2 Å². The molecule has 0 bridgehead atoms. The molecular formula is C22H15Cl2NO4. The van der Waals surface area contributed by atoms with Gasteiger partial charge in [0.2, 0.25) is 0 Å². The molecule has 0 radical (unpaired) electrons. The van der Waals surface area contributed by atoms with E-state index in [9.17, 15) is 14.4 Å². The number of hydrogen-bond donors (Lipinski definition) is 1. The van der Waals surface area contributed by atoms with E-state index in [-0.39, 0.29) is 17.0 Å². The van der Waals surface area contributed by atoms with Crippen LogP contribution in [0, 0.1) is 0 Å². The number of ketones is 1. The fourth-order valence-corrected chi connectivity index (χ4v) is 2.81. The molecule has 0 saturated carbocycles. The van der Waals surface area contributed by atoms with Crippen molar-refractivity contribution in [3.8, 4) is 0 Å². The maximum absolute atomic E-state index is 12.5. The number of ether oxygens (including phenoxy) is 1. The van der Waals surface area contributed by atoms with Gasteiger partial charge in [-0.1, -0.05) is 53.5 Å². The van der Waals surface area contributed by atoms with E-state index >= 15 is 0 Å². The molecule has 5 nitrogen and oxygen atoms in total. The van der Waals surface area contributed by atoms with Crippen molar-refractivity contribution >= 4 is 46.5 Å². The highest BCUT2D eigenvalue weighted by Crippen LogP contribution is 2.23. The van der Waals surface area contributed by atoms with Gasteiger partial charge in [0.15, 0.2) is 12.4 Å². The minimum atomic E-state index is -0.752. The number of benzene rings is 3. The summed E-state index contributed by atoms with van der Waals surface area (Å²) in [6, 6.07) is 19.1. The van der Waals surface area contributed by atoms with Gasteiger partial charge in [0.05, 0.1) is 11.3 Å². The number of halogens is 2. The van der Waals surface area contributed by atoms with Crippen LogP contribution in [0.3, 0.4) is 0 Å². The molecule has 1 amide bonds. The second kappa shape index (κ2) is 9.37. The van der Waals surface area contributed by atoms with Gasteiger partial charge in [-0.25, -0.2) is 4.79 Å². The monoisotopic (exact) mass is 427 g/mol. The van der Waals surface area contributed by atoms with Crippen LogP contribution in [-0.2, 0) is 4.74 Å². The van der Waals surface area contributed by atoms with Crippen molar-refractivity contribution in [1.29, 1.82) is 0 Å². The third kappa shape index (κ3) is 5.44. The van der Waals surface area contributed by atoms with Gasteiger partial charge in [-0.2, -0.15) is 0 Å². The summed E-state index contributed by atoms with van der Waals surface area (Å²) in [5.74, 6) is -1.53. The minimum absolute atomic E-state index is 0.0811. The lowest BCUT2D eigenvalue weighted by Gasteiger charge is -2.11. The van der Waals surface area contributed by atoms with E-state index in [1.165, 1.54) is 18.2 Å². The van der Waals surface area contributed by atoms with E-state index in [1.807, 2.05) is 0 Å². The molecule has 3 rings (SSSR count). The first kappa shape index (κ1) is 20.6. The Bertz CT molecular complexity index is 1050. The molecule has 7 heteroatoms. The highest BCUT2D eigenvalue weighted by Gasteiger charge is 2.18. The van der Waals surface area contributed by atoms with E-state index in [0.717, 1.165) is 0 Å². The number of Topliss-reactive ketones (excluding diaryl/α,β-unsaturated/α-hetero) is 1. The molecular weight excluding hydrogens is 413 g/mol. The number of hydrogen-bond acceptors (Lipinski definition) is 4. The first-order valence-corrected chi connectivity index (χ1v) is 9.31. The summed E-state index contributed by atoms with van der Waals surface area (Å²) >= 11 is 11.8. The fraction of sp³-hybridized carbons (Fsp3) is 0.0455. The van der Waals surface area contributed by atoms with Crippen molar-refractivity contribution in [2.75, 3.05) is 11.9 Å². The predicted octanol–water partition coefficient (Wildman–Crippen LogP) is 5.29. The normalized spacial score (nSPS) is 10.3. The van der Waals surface area contributed by atoms with E-state index in [2.05, 4.69) is 5.32 Å². The Morgan fingerprint density at radius 1 is 0.793 bits per heavy atom. The van der Waals surface area contributed by atoms with Crippen molar-refractivity contribution in [2.45, 2.75) is 0 Å². The van der Waals surface area contributed by atoms with E-state index < -0.39 is 18.5 Å². The number of rotatable bonds is 6. The Kier molecular flexibility index (Phi) is 6.65.